The van der Waals surface area contributed by atoms with Gasteiger partial charge in [0.2, 0.25) is 0 Å². The number of aryl methyl sites for hydroxylation is 1. The maximum absolute atomic E-state index is 12.8. The maximum atomic E-state index is 12.8. The third-order valence-corrected chi connectivity index (χ3v) is 5.39. The van der Waals surface area contributed by atoms with E-state index in [9.17, 15) is 29.3 Å². The second kappa shape index (κ2) is 7.76. The third-order valence-electron chi connectivity index (χ3n) is 5.39. The second-order valence-corrected chi connectivity index (χ2v) is 7.32. The van der Waals surface area contributed by atoms with E-state index < -0.39 is 46.4 Å². The Morgan fingerprint density at radius 1 is 1.28 bits per heavy atom. The van der Waals surface area contributed by atoms with Gasteiger partial charge in [0.05, 0.1) is 34.7 Å². The minimum atomic E-state index is -0.938. The molecule has 164 valence electrons. The lowest BCUT2D eigenvalue weighted by atomic mass is 10.1. The van der Waals surface area contributed by atoms with Crippen molar-refractivity contribution in [1.29, 1.82) is 0 Å². The summed E-state index contributed by atoms with van der Waals surface area (Å²) >= 11 is 0. The van der Waals surface area contributed by atoms with E-state index in [0.717, 1.165) is 21.6 Å². The fraction of sp³-hybridized carbons (Fsp3) is 0.333. The van der Waals surface area contributed by atoms with Crippen molar-refractivity contribution in [3.8, 4) is 0 Å². The van der Waals surface area contributed by atoms with Gasteiger partial charge in [-0.3, -0.25) is 38.9 Å². The maximum Gasteiger partial charge on any atom is 0.330 e. The quantitative estimate of drug-likeness (QED) is 0.178. The first-order valence-corrected chi connectivity index (χ1v) is 9.37. The second-order valence-electron chi connectivity index (χ2n) is 7.32. The molecule has 0 unspecified atom stereocenters. The number of nitrogens with zero attached hydrogens (tertiary/aromatic N) is 6. The molecule has 14 nitrogen and oxygen atoms in total. The zero-order valence-electron chi connectivity index (χ0n) is 16.5. The average molecular weight is 441 g/mol. The first kappa shape index (κ1) is 21.0. The van der Waals surface area contributed by atoms with E-state index in [-0.39, 0.29) is 35.3 Å². The highest BCUT2D eigenvalue weighted by Crippen LogP contribution is 2.33. The first-order chi connectivity index (χ1) is 15.2. The van der Waals surface area contributed by atoms with Gasteiger partial charge >= 0.3 is 5.69 Å². The smallest absolute Gasteiger partial charge is 0.330 e. The Morgan fingerprint density at radius 3 is 2.69 bits per heavy atom. The van der Waals surface area contributed by atoms with Crippen LogP contribution in [0, 0.1) is 17.0 Å². The Kier molecular flexibility index (Phi) is 5.08. The number of azide groups is 1. The molecule has 0 bridgehead atoms. The van der Waals surface area contributed by atoms with Gasteiger partial charge < -0.3 is 4.74 Å². The van der Waals surface area contributed by atoms with Gasteiger partial charge in [-0.2, -0.15) is 0 Å². The molecule has 4 rings (SSSR count). The normalized spacial score (nSPS) is 22.0. The molecule has 1 saturated heterocycles. The summed E-state index contributed by atoms with van der Waals surface area (Å²) in [5, 5.41) is 14.6. The van der Waals surface area contributed by atoms with E-state index in [1.54, 1.807) is 0 Å². The summed E-state index contributed by atoms with van der Waals surface area (Å²) in [6.45, 7) is 1.21. The molecule has 1 fully saturated rings. The van der Waals surface area contributed by atoms with Crippen LogP contribution in [0.25, 0.3) is 10.4 Å². The highest BCUT2D eigenvalue weighted by Gasteiger charge is 2.43. The molecule has 14 heteroatoms. The van der Waals surface area contributed by atoms with Gasteiger partial charge in [0, 0.05) is 35.2 Å². The number of hydrogen-bond acceptors (Lipinski definition) is 8. The molecule has 0 saturated carbocycles. The summed E-state index contributed by atoms with van der Waals surface area (Å²) in [4.78, 5) is 65.4. The molecule has 1 N–H and O–H groups in total. The molecule has 0 aliphatic carbocycles. The number of aromatic amines is 1. The van der Waals surface area contributed by atoms with Crippen molar-refractivity contribution < 1.29 is 19.2 Å². The molecular formula is C18H15N7O7. The predicted octanol–water partition coefficient (Wildman–Crippen LogP) is 1.02. The van der Waals surface area contributed by atoms with Crippen LogP contribution >= 0.6 is 0 Å². The van der Waals surface area contributed by atoms with Gasteiger partial charge in [-0.05, 0) is 18.5 Å². The monoisotopic (exact) mass is 441 g/mol. The van der Waals surface area contributed by atoms with Crippen LogP contribution in [0.4, 0.5) is 5.69 Å². The van der Waals surface area contributed by atoms with E-state index >= 15 is 0 Å². The Bertz CT molecular complexity index is 1320. The number of amides is 2. The molecular weight excluding hydrogens is 426 g/mol. The third kappa shape index (κ3) is 3.42. The Hall–Kier alpha value is -4.29. The van der Waals surface area contributed by atoms with Crippen molar-refractivity contribution in [2.45, 2.75) is 31.7 Å². The lowest BCUT2D eigenvalue weighted by Gasteiger charge is -2.21. The highest BCUT2D eigenvalue weighted by molar-refractivity contribution is 6.21. The summed E-state index contributed by atoms with van der Waals surface area (Å²) in [5.74, 6) is -1.40. The zero-order valence-corrected chi connectivity index (χ0v) is 16.5. The minimum Gasteiger partial charge on any atom is -0.352 e. The molecule has 2 aromatic rings. The number of carbonyl (C=O) groups is 2. The highest BCUT2D eigenvalue weighted by atomic mass is 16.6. The van der Waals surface area contributed by atoms with Crippen molar-refractivity contribution in [2.24, 2.45) is 5.11 Å². The van der Waals surface area contributed by atoms with Crippen molar-refractivity contribution in [3.05, 3.63) is 82.5 Å². The van der Waals surface area contributed by atoms with Crippen molar-refractivity contribution >= 4 is 17.5 Å². The number of carbonyl (C=O) groups excluding carboxylic acids is 2. The Balaban J connectivity index is 1.61. The van der Waals surface area contributed by atoms with Crippen LogP contribution in [0.1, 0.15) is 38.9 Å². The van der Waals surface area contributed by atoms with Gasteiger partial charge in [0.1, 0.15) is 6.23 Å². The standard InChI is InChI=1S/C18H15N7O7/c1-8-6-23(18(29)20-15(8)26)14-5-12(21-22-19)13(32-14)7-24-16(27)10-3-2-9(25(30)31)4-11(10)17(24)28/h2-4,6,12-14H,5,7H2,1H3,(H,20,26,29)/t12-,13+,14+/m0/s1. The number of imide groups is 1. The molecule has 3 atom stereocenters. The van der Waals surface area contributed by atoms with Crippen LogP contribution in [0.3, 0.4) is 0 Å². The summed E-state index contributed by atoms with van der Waals surface area (Å²) in [6, 6.07) is 2.55. The van der Waals surface area contributed by atoms with Gasteiger partial charge in [-0.15, -0.1) is 0 Å². The summed E-state index contributed by atoms with van der Waals surface area (Å²) in [5.41, 5.74) is 7.47. The lowest BCUT2D eigenvalue weighted by Crippen LogP contribution is -2.40. The molecule has 0 radical (unpaired) electrons. The molecule has 1 aromatic heterocycles. The number of hydrogen-bond donors (Lipinski definition) is 1. The molecule has 2 amide bonds. The number of aromatic nitrogens is 2. The van der Waals surface area contributed by atoms with Crippen LogP contribution in [0.2, 0.25) is 0 Å². The van der Waals surface area contributed by atoms with Crippen LogP contribution < -0.4 is 11.2 Å². The fourth-order valence-corrected chi connectivity index (χ4v) is 3.78. The van der Waals surface area contributed by atoms with E-state index in [1.165, 1.54) is 19.2 Å². The lowest BCUT2D eigenvalue weighted by molar-refractivity contribution is -0.384. The van der Waals surface area contributed by atoms with Crippen molar-refractivity contribution in [1.82, 2.24) is 14.5 Å². The summed E-state index contributed by atoms with van der Waals surface area (Å²) < 4.78 is 6.97. The van der Waals surface area contributed by atoms with E-state index in [4.69, 9.17) is 10.3 Å². The first-order valence-electron chi connectivity index (χ1n) is 9.37. The fourth-order valence-electron chi connectivity index (χ4n) is 3.78. The van der Waals surface area contributed by atoms with E-state index in [2.05, 4.69) is 15.0 Å². The number of fused-ring (bicyclic) bond motifs is 1. The predicted molar refractivity (Wildman–Crippen MR) is 106 cm³/mol. The van der Waals surface area contributed by atoms with Gasteiger partial charge in [-0.1, -0.05) is 5.11 Å². The zero-order chi connectivity index (χ0) is 23.2. The number of ether oxygens (including phenoxy) is 1. The topological polar surface area (TPSA) is 193 Å². The number of benzene rings is 1. The average Bonchev–Trinajstić information content (AvgIpc) is 3.25. The van der Waals surface area contributed by atoms with E-state index in [1.807, 2.05) is 0 Å². The van der Waals surface area contributed by atoms with Gasteiger partial charge in [0.25, 0.3) is 23.1 Å². The number of nitro benzene ring substituents is 1. The largest absolute Gasteiger partial charge is 0.352 e. The number of rotatable bonds is 5. The number of nitro groups is 1. The van der Waals surface area contributed by atoms with Gasteiger partial charge in [0.15, 0.2) is 0 Å². The Labute approximate surface area is 177 Å². The molecule has 2 aliphatic rings. The van der Waals surface area contributed by atoms with Crippen LogP contribution in [0.5, 0.6) is 0 Å². The minimum absolute atomic E-state index is 0.0166. The summed E-state index contributed by atoms with van der Waals surface area (Å²) in [7, 11) is 0. The molecule has 0 spiro atoms. The van der Waals surface area contributed by atoms with Crippen LogP contribution in [-0.2, 0) is 4.74 Å². The van der Waals surface area contributed by atoms with Crippen LogP contribution in [-0.4, -0.2) is 49.9 Å². The molecule has 3 heterocycles. The van der Waals surface area contributed by atoms with Gasteiger partial charge in [-0.25, -0.2) is 4.79 Å². The number of H-pyrrole nitrogens is 1. The molecule has 1 aromatic carbocycles. The van der Waals surface area contributed by atoms with Crippen LogP contribution in [0.15, 0.2) is 39.1 Å². The van der Waals surface area contributed by atoms with Crippen molar-refractivity contribution in [2.75, 3.05) is 6.54 Å². The van der Waals surface area contributed by atoms with Crippen molar-refractivity contribution in [3.63, 3.8) is 0 Å². The molecule has 2 aliphatic heterocycles. The number of nitrogens with one attached hydrogen (secondary N) is 1. The molecule has 32 heavy (non-hydrogen) atoms. The Morgan fingerprint density at radius 2 is 2.00 bits per heavy atom. The summed E-state index contributed by atoms with van der Waals surface area (Å²) in [6.07, 6.45) is -0.473. The SMILES string of the molecule is Cc1cn([C@H]2C[C@H](N=[N+]=[N-])[C@@H](CN3C(=O)c4ccc([N+](=O)[O-])cc4C3=O)O2)c(=O)[nH]c1=O. The van der Waals surface area contributed by atoms with E-state index in [0.29, 0.717) is 0 Å². The number of non-ortho nitro benzene ring substituents is 1.